The number of hydrogen-bond donors (Lipinski definition) is 0. The first-order valence-electron chi connectivity index (χ1n) is 9.46. The summed E-state index contributed by atoms with van der Waals surface area (Å²) in [4.78, 5) is 6.69. The van der Waals surface area contributed by atoms with Crippen molar-refractivity contribution in [3.05, 3.63) is 89.7 Å². The van der Waals surface area contributed by atoms with E-state index in [2.05, 4.69) is 90.9 Å². The fourth-order valence-corrected chi connectivity index (χ4v) is 4.88. The molecule has 6 rings (SSSR count). The number of ether oxygens (including phenoxy) is 1. The molecule has 0 fully saturated rings. The van der Waals surface area contributed by atoms with Crippen LogP contribution in [0.4, 0.5) is 17.1 Å². The van der Waals surface area contributed by atoms with Crippen LogP contribution in [0.3, 0.4) is 0 Å². The monoisotopic (exact) mass is 471 g/mol. The second kappa shape index (κ2) is 6.93. The quantitative estimate of drug-likeness (QED) is 0.259. The van der Waals surface area contributed by atoms with Gasteiger partial charge in [0, 0.05) is 11.3 Å². The molecule has 0 amide bonds. The molecule has 0 atom stereocenters. The van der Waals surface area contributed by atoms with Gasteiger partial charge in [0.15, 0.2) is 11.5 Å². The predicted molar refractivity (Wildman–Crippen MR) is 125 cm³/mol. The van der Waals surface area contributed by atoms with Crippen molar-refractivity contribution in [2.75, 3.05) is 4.90 Å². The van der Waals surface area contributed by atoms with Crippen molar-refractivity contribution in [1.29, 1.82) is 0 Å². The van der Waals surface area contributed by atoms with Crippen LogP contribution in [0.1, 0.15) is 0 Å². The average Bonchev–Trinajstić information content (AvgIpc) is 3.23. The lowest BCUT2D eigenvalue weighted by Gasteiger charge is -2.33. The highest BCUT2D eigenvalue weighted by Crippen LogP contribution is 2.51. The van der Waals surface area contributed by atoms with Gasteiger partial charge >= 0.3 is 0 Å². The lowest BCUT2D eigenvalue weighted by molar-refractivity contribution is 0.477. The minimum atomic E-state index is 0.601. The SMILES string of the molecule is Brc1nsc(-c2ccc3c(c2)Oc2ccccc2N3c2ccc3ccccc3c2)n1. The van der Waals surface area contributed by atoms with Gasteiger partial charge in [-0.3, -0.25) is 0 Å². The normalized spacial score (nSPS) is 12.4. The Morgan fingerprint density at radius 2 is 1.57 bits per heavy atom. The molecule has 0 aliphatic carbocycles. The van der Waals surface area contributed by atoms with E-state index in [9.17, 15) is 0 Å². The second-order valence-electron chi connectivity index (χ2n) is 6.99. The van der Waals surface area contributed by atoms with Crippen molar-refractivity contribution in [2.45, 2.75) is 0 Å². The summed E-state index contributed by atoms with van der Waals surface area (Å²) in [6, 6.07) is 29.3. The van der Waals surface area contributed by atoms with Gasteiger partial charge in [-0.25, -0.2) is 4.98 Å². The zero-order chi connectivity index (χ0) is 20.1. The Kier molecular flexibility index (Phi) is 4.07. The van der Waals surface area contributed by atoms with Crippen molar-refractivity contribution in [3.8, 4) is 22.1 Å². The highest BCUT2D eigenvalue weighted by Gasteiger charge is 2.26. The summed E-state index contributed by atoms with van der Waals surface area (Å²) in [5, 5.41) is 3.28. The van der Waals surface area contributed by atoms with E-state index in [1.54, 1.807) is 0 Å². The van der Waals surface area contributed by atoms with E-state index in [0.29, 0.717) is 4.73 Å². The standard InChI is InChI=1S/C24H14BrN3OS/c25-24-26-23(30-27-24)17-10-12-20-22(14-17)29-21-8-4-3-7-19(21)28(20)18-11-9-15-5-1-2-6-16(15)13-18/h1-14H. The van der Waals surface area contributed by atoms with Crippen LogP contribution in [-0.4, -0.2) is 9.36 Å². The number of halogens is 1. The lowest BCUT2D eigenvalue weighted by atomic mass is 10.1. The smallest absolute Gasteiger partial charge is 0.209 e. The molecule has 4 aromatic carbocycles. The highest BCUT2D eigenvalue weighted by atomic mass is 79.9. The van der Waals surface area contributed by atoms with Gasteiger partial charge in [0.25, 0.3) is 0 Å². The molecule has 1 aromatic heterocycles. The first-order valence-corrected chi connectivity index (χ1v) is 11.0. The average molecular weight is 472 g/mol. The van der Waals surface area contributed by atoms with E-state index in [0.717, 1.165) is 39.1 Å². The van der Waals surface area contributed by atoms with E-state index >= 15 is 0 Å². The number of anilines is 3. The molecule has 1 aliphatic rings. The molecule has 1 aliphatic heterocycles. The van der Waals surface area contributed by atoms with Crippen molar-refractivity contribution in [2.24, 2.45) is 0 Å². The predicted octanol–water partition coefficient (Wildman–Crippen LogP) is 7.70. The van der Waals surface area contributed by atoms with Gasteiger partial charge in [-0.1, -0.05) is 42.5 Å². The van der Waals surface area contributed by atoms with Gasteiger partial charge < -0.3 is 9.64 Å². The van der Waals surface area contributed by atoms with Crippen LogP contribution in [0.2, 0.25) is 0 Å². The van der Waals surface area contributed by atoms with Crippen LogP contribution < -0.4 is 9.64 Å². The number of rotatable bonds is 2. The largest absolute Gasteiger partial charge is 0.453 e. The van der Waals surface area contributed by atoms with Gasteiger partial charge in [0.1, 0.15) is 5.01 Å². The van der Waals surface area contributed by atoms with Crippen LogP contribution in [0, 0.1) is 0 Å². The summed E-state index contributed by atoms with van der Waals surface area (Å²) in [5.41, 5.74) is 4.09. The molecule has 4 nitrogen and oxygen atoms in total. The molecule has 2 heterocycles. The summed E-state index contributed by atoms with van der Waals surface area (Å²) in [6.07, 6.45) is 0. The maximum absolute atomic E-state index is 6.29. The summed E-state index contributed by atoms with van der Waals surface area (Å²) in [7, 11) is 0. The molecule has 0 bridgehead atoms. The molecule has 0 saturated carbocycles. The molecule has 0 radical (unpaired) electrons. The van der Waals surface area contributed by atoms with E-state index in [4.69, 9.17) is 4.74 Å². The minimum absolute atomic E-state index is 0.601. The van der Waals surface area contributed by atoms with Crippen molar-refractivity contribution < 1.29 is 4.74 Å². The topological polar surface area (TPSA) is 38.2 Å². The minimum Gasteiger partial charge on any atom is -0.453 e. The molecular weight excluding hydrogens is 458 g/mol. The van der Waals surface area contributed by atoms with Crippen LogP contribution in [0.15, 0.2) is 89.7 Å². The van der Waals surface area contributed by atoms with Crippen LogP contribution >= 0.6 is 27.5 Å². The van der Waals surface area contributed by atoms with Crippen molar-refractivity contribution in [3.63, 3.8) is 0 Å². The number of benzene rings is 4. The van der Waals surface area contributed by atoms with E-state index in [1.807, 2.05) is 24.3 Å². The van der Waals surface area contributed by atoms with E-state index < -0.39 is 0 Å². The Labute approximate surface area is 185 Å². The molecule has 0 saturated heterocycles. The maximum atomic E-state index is 6.29. The number of fused-ring (bicyclic) bond motifs is 3. The Bertz CT molecular complexity index is 1410. The first-order chi connectivity index (χ1) is 14.8. The van der Waals surface area contributed by atoms with E-state index in [-0.39, 0.29) is 0 Å². The molecule has 0 unspecified atom stereocenters. The van der Waals surface area contributed by atoms with Gasteiger partial charge in [0.05, 0.1) is 11.4 Å². The van der Waals surface area contributed by atoms with E-state index in [1.165, 1.54) is 22.3 Å². The summed E-state index contributed by atoms with van der Waals surface area (Å²) in [5.74, 6) is 1.62. The number of para-hydroxylation sites is 2. The zero-order valence-corrected chi connectivity index (χ0v) is 18.0. The maximum Gasteiger partial charge on any atom is 0.209 e. The summed E-state index contributed by atoms with van der Waals surface area (Å²) < 4.78 is 11.1. The van der Waals surface area contributed by atoms with Crippen LogP contribution in [0.5, 0.6) is 11.5 Å². The molecule has 6 heteroatoms. The molecule has 5 aromatic rings. The molecule has 144 valence electrons. The Balaban J connectivity index is 1.54. The second-order valence-corrected chi connectivity index (χ2v) is 8.45. The third-order valence-electron chi connectivity index (χ3n) is 5.17. The highest BCUT2D eigenvalue weighted by molar-refractivity contribution is 9.10. The zero-order valence-electron chi connectivity index (χ0n) is 15.6. The van der Waals surface area contributed by atoms with Gasteiger partial charge in [0.2, 0.25) is 4.73 Å². The summed E-state index contributed by atoms with van der Waals surface area (Å²) in [6.45, 7) is 0. The van der Waals surface area contributed by atoms with Crippen LogP contribution in [0.25, 0.3) is 21.3 Å². The summed E-state index contributed by atoms with van der Waals surface area (Å²) >= 11 is 4.69. The van der Waals surface area contributed by atoms with Gasteiger partial charge in [-0.15, -0.1) is 0 Å². The Morgan fingerprint density at radius 1 is 0.767 bits per heavy atom. The molecule has 30 heavy (non-hydrogen) atoms. The van der Waals surface area contributed by atoms with Crippen molar-refractivity contribution in [1.82, 2.24) is 9.36 Å². The van der Waals surface area contributed by atoms with Gasteiger partial charge in [-0.05, 0) is 80.7 Å². The number of hydrogen-bond acceptors (Lipinski definition) is 5. The first kappa shape index (κ1) is 17.6. The fraction of sp³-hybridized carbons (Fsp3) is 0. The Morgan fingerprint density at radius 3 is 2.43 bits per heavy atom. The molecule has 0 spiro atoms. The number of aromatic nitrogens is 2. The van der Waals surface area contributed by atoms with Crippen LogP contribution in [-0.2, 0) is 0 Å². The van der Waals surface area contributed by atoms with Crippen molar-refractivity contribution >= 4 is 55.3 Å². The fourth-order valence-electron chi connectivity index (χ4n) is 3.81. The lowest BCUT2D eigenvalue weighted by Crippen LogP contribution is -2.15. The van der Waals surface area contributed by atoms with Gasteiger partial charge in [-0.2, -0.15) is 4.37 Å². The third-order valence-corrected chi connectivity index (χ3v) is 6.52. The third kappa shape index (κ3) is 2.88. The molecular formula is C24H14BrN3OS. The Hall–Kier alpha value is -3.22. The number of nitrogens with zero attached hydrogens (tertiary/aromatic N) is 3. The molecule has 0 N–H and O–H groups in total.